The molecule has 0 spiro atoms. The quantitative estimate of drug-likeness (QED) is 0.243. The lowest BCUT2D eigenvalue weighted by Crippen LogP contribution is -2.57. The van der Waals surface area contributed by atoms with E-state index in [1.54, 1.807) is 12.4 Å². The SMILES string of the molecule is C=CC(=O)N1CCN(c2ccc3ncnc(Nc4cc(C)c(Oc5ccc6c(c5)ncn6C)cc4F)c3n2)C[C@H]1C(C)C. The Labute approximate surface area is 248 Å². The molecule has 1 fully saturated rings. The lowest BCUT2D eigenvalue weighted by atomic mass is 9.99. The van der Waals surface area contributed by atoms with Crippen LogP contribution in [-0.4, -0.2) is 61.0 Å². The number of aryl methyl sites for hydroxylation is 2. The molecule has 11 heteroatoms. The second-order valence-electron chi connectivity index (χ2n) is 11.1. The molecular formula is C32H33FN8O2. The normalized spacial score (nSPS) is 15.3. The number of anilines is 3. The predicted octanol–water partition coefficient (Wildman–Crippen LogP) is 5.75. The van der Waals surface area contributed by atoms with E-state index in [9.17, 15) is 4.79 Å². The molecule has 1 N–H and O–H groups in total. The lowest BCUT2D eigenvalue weighted by Gasteiger charge is -2.43. The molecule has 1 saturated heterocycles. The molecule has 1 aliphatic rings. The highest BCUT2D eigenvalue weighted by atomic mass is 19.1. The van der Waals surface area contributed by atoms with Crippen LogP contribution in [0.3, 0.4) is 0 Å². The first-order chi connectivity index (χ1) is 20.7. The molecule has 1 aliphatic heterocycles. The fourth-order valence-corrected chi connectivity index (χ4v) is 5.48. The minimum absolute atomic E-state index is 0.0186. The van der Waals surface area contributed by atoms with E-state index in [0.717, 1.165) is 22.4 Å². The van der Waals surface area contributed by atoms with Gasteiger partial charge >= 0.3 is 0 Å². The summed E-state index contributed by atoms with van der Waals surface area (Å²) in [6.07, 6.45) is 4.54. The Hall–Kier alpha value is -5.06. The van der Waals surface area contributed by atoms with Gasteiger partial charge in [0.1, 0.15) is 35.0 Å². The molecule has 2 aromatic carbocycles. The summed E-state index contributed by atoms with van der Waals surface area (Å²) in [6.45, 7) is 11.5. The number of piperazine rings is 1. The summed E-state index contributed by atoms with van der Waals surface area (Å²) in [7, 11) is 1.93. The van der Waals surface area contributed by atoms with Crippen molar-refractivity contribution in [2.45, 2.75) is 26.8 Å². The number of ether oxygens (including phenoxy) is 1. The Morgan fingerprint density at radius 2 is 1.95 bits per heavy atom. The molecule has 5 aromatic rings. The van der Waals surface area contributed by atoms with Gasteiger partial charge in [-0.25, -0.2) is 24.3 Å². The number of carbonyl (C=O) groups is 1. The maximum Gasteiger partial charge on any atom is 0.246 e. The number of hydrogen-bond donors (Lipinski definition) is 1. The molecular weight excluding hydrogens is 547 g/mol. The van der Waals surface area contributed by atoms with Crippen LogP contribution in [-0.2, 0) is 11.8 Å². The highest BCUT2D eigenvalue weighted by molar-refractivity contribution is 5.89. The predicted molar refractivity (Wildman–Crippen MR) is 165 cm³/mol. The second kappa shape index (κ2) is 11.3. The number of aromatic nitrogens is 5. The minimum Gasteiger partial charge on any atom is -0.457 e. The highest BCUT2D eigenvalue weighted by Crippen LogP contribution is 2.33. The molecule has 220 valence electrons. The van der Waals surface area contributed by atoms with E-state index in [1.807, 2.05) is 53.8 Å². The van der Waals surface area contributed by atoms with Crippen molar-refractivity contribution in [1.29, 1.82) is 0 Å². The maximum absolute atomic E-state index is 15.4. The number of benzene rings is 2. The monoisotopic (exact) mass is 580 g/mol. The van der Waals surface area contributed by atoms with Gasteiger partial charge in [0.2, 0.25) is 5.91 Å². The number of rotatable bonds is 7. The number of imidazole rings is 1. The van der Waals surface area contributed by atoms with Crippen LogP contribution in [0.15, 0.2) is 67.8 Å². The van der Waals surface area contributed by atoms with Gasteiger partial charge in [0, 0.05) is 38.8 Å². The molecule has 0 radical (unpaired) electrons. The number of pyridine rings is 1. The summed E-state index contributed by atoms with van der Waals surface area (Å²) in [5, 5.41) is 3.12. The maximum atomic E-state index is 15.4. The highest BCUT2D eigenvalue weighted by Gasteiger charge is 2.32. The van der Waals surface area contributed by atoms with Gasteiger partial charge in [-0.3, -0.25) is 4.79 Å². The van der Waals surface area contributed by atoms with E-state index < -0.39 is 5.82 Å². The molecule has 0 unspecified atom stereocenters. The molecule has 10 nitrogen and oxygen atoms in total. The molecule has 3 aromatic heterocycles. The summed E-state index contributed by atoms with van der Waals surface area (Å²) < 4.78 is 23.4. The summed E-state index contributed by atoms with van der Waals surface area (Å²) in [5.41, 5.74) is 3.91. The van der Waals surface area contributed by atoms with Crippen molar-refractivity contribution in [3.8, 4) is 11.5 Å². The van der Waals surface area contributed by atoms with Gasteiger partial charge < -0.3 is 24.4 Å². The van der Waals surface area contributed by atoms with E-state index in [4.69, 9.17) is 9.72 Å². The molecule has 43 heavy (non-hydrogen) atoms. The fraction of sp³-hybridized carbons (Fsp3) is 0.281. The Morgan fingerprint density at radius 1 is 1.12 bits per heavy atom. The van der Waals surface area contributed by atoms with Crippen LogP contribution in [0.25, 0.3) is 22.1 Å². The Balaban J connectivity index is 1.25. The molecule has 0 saturated carbocycles. The van der Waals surface area contributed by atoms with Crippen molar-refractivity contribution in [3.05, 3.63) is 79.2 Å². The smallest absolute Gasteiger partial charge is 0.246 e. The molecule has 0 aliphatic carbocycles. The molecule has 1 amide bonds. The van der Waals surface area contributed by atoms with Crippen molar-refractivity contribution in [2.24, 2.45) is 13.0 Å². The van der Waals surface area contributed by atoms with Gasteiger partial charge in [0.05, 0.1) is 34.6 Å². The van der Waals surface area contributed by atoms with Crippen LogP contribution in [0.4, 0.5) is 21.7 Å². The third kappa shape index (κ3) is 5.45. The number of hydrogen-bond acceptors (Lipinski definition) is 8. The zero-order chi connectivity index (χ0) is 30.2. The fourth-order valence-electron chi connectivity index (χ4n) is 5.48. The standard InChI is InChI=1S/C32H33FN8O2/c1-6-30(42)41-12-11-40(16-27(41)19(2)3)29-10-8-23-31(38-29)32(35-17-34-23)37-24-13-20(4)28(15-22(24)33)43-21-7-9-26-25(14-21)36-18-39(26)5/h6-10,13-15,17-19,27H,1,11-12,16H2,2-5H3,(H,34,35,37)/t27-/m0/s1. The summed E-state index contributed by atoms with van der Waals surface area (Å²) in [5.74, 6) is 1.80. The number of amides is 1. The van der Waals surface area contributed by atoms with Crippen LogP contribution >= 0.6 is 0 Å². The van der Waals surface area contributed by atoms with Crippen LogP contribution in [0.5, 0.6) is 11.5 Å². The van der Waals surface area contributed by atoms with Crippen LogP contribution < -0.4 is 15.0 Å². The molecule has 1 atom stereocenters. The summed E-state index contributed by atoms with van der Waals surface area (Å²) in [6, 6.07) is 12.5. The summed E-state index contributed by atoms with van der Waals surface area (Å²) >= 11 is 0. The molecule has 6 rings (SSSR count). The number of nitrogens with zero attached hydrogens (tertiary/aromatic N) is 7. The average molecular weight is 581 g/mol. The van der Waals surface area contributed by atoms with Crippen molar-refractivity contribution >= 4 is 45.3 Å². The molecule has 4 heterocycles. The van der Waals surface area contributed by atoms with E-state index in [1.165, 1.54) is 18.5 Å². The summed E-state index contributed by atoms with van der Waals surface area (Å²) in [4.78, 5) is 34.5. The Bertz CT molecular complexity index is 1850. The minimum atomic E-state index is -0.495. The van der Waals surface area contributed by atoms with E-state index in [0.29, 0.717) is 48.0 Å². The lowest BCUT2D eigenvalue weighted by molar-refractivity contribution is -0.129. The Morgan fingerprint density at radius 3 is 2.74 bits per heavy atom. The van der Waals surface area contributed by atoms with Crippen molar-refractivity contribution in [1.82, 2.24) is 29.4 Å². The first kappa shape index (κ1) is 28.1. The zero-order valence-electron chi connectivity index (χ0n) is 24.6. The molecule has 0 bridgehead atoms. The number of nitrogens with one attached hydrogen (secondary N) is 1. The number of fused-ring (bicyclic) bond motifs is 2. The third-order valence-electron chi connectivity index (χ3n) is 7.88. The first-order valence-electron chi connectivity index (χ1n) is 14.2. The van der Waals surface area contributed by atoms with Gasteiger partial charge in [-0.2, -0.15) is 0 Å². The van der Waals surface area contributed by atoms with Crippen molar-refractivity contribution in [3.63, 3.8) is 0 Å². The zero-order valence-corrected chi connectivity index (χ0v) is 24.6. The number of halogens is 1. The topological polar surface area (TPSA) is 101 Å². The largest absolute Gasteiger partial charge is 0.457 e. The van der Waals surface area contributed by atoms with Gasteiger partial charge in [-0.1, -0.05) is 20.4 Å². The Kier molecular flexibility index (Phi) is 7.39. The first-order valence-corrected chi connectivity index (χ1v) is 14.2. The number of carbonyl (C=O) groups excluding carboxylic acids is 1. The van der Waals surface area contributed by atoms with Crippen LogP contribution in [0, 0.1) is 18.7 Å². The average Bonchev–Trinajstić information content (AvgIpc) is 3.38. The van der Waals surface area contributed by atoms with Gasteiger partial charge in [-0.15, -0.1) is 0 Å². The van der Waals surface area contributed by atoms with Crippen LogP contribution in [0.1, 0.15) is 19.4 Å². The van der Waals surface area contributed by atoms with Crippen molar-refractivity contribution < 1.29 is 13.9 Å². The van der Waals surface area contributed by atoms with Crippen molar-refractivity contribution in [2.75, 3.05) is 29.9 Å². The van der Waals surface area contributed by atoms with E-state index in [-0.39, 0.29) is 23.6 Å². The van der Waals surface area contributed by atoms with Crippen LogP contribution in [0.2, 0.25) is 0 Å². The second-order valence-corrected chi connectivity index (χ2v) is 11.1. The van der Waals surface area contributed by atoms with E-state index in [2.05, 4.69) is 45.6 Å². The van der Waals surface area contributed by atoms with Gasteiger partial charge in [-0.05, 0) is 54.8 Å². The third-order valence-corrected chi connectivity index (χ3v) is 7.88. The van der Waals surface area contributed by atoms with Gasteiger partial charge in [0.25, 0.3) is 0 Å². The van der Waals surface area contributed by atoms with Gasteiger partial charge in [0.15, 0.2) is 5.82 Å². The van der Waals surface area contributed by atoms with E-state index >= 15 is 4.39 Å².